The van der Waals surface area contributed by atoms with Crippen molar-refractivity contribution in [2.75, 3.05) is 4.72 Å². The summed E-state index contributed by atoms with van der Waals surface area (Å²) in [5.74, 6) is 0.0130. The van der Waals surface area contributed by atoms with Gasteiger partial charge in [0.15, 0.2) is 0 Å². The molecule has 0 aliphatic heterocycles. The van der Waals surface area contributed by atoms with Crippen LogP contribution in [0.2, 0.25) is 10.0 Å². The number of aromatic nitrogens is 2. The van der Waals surface area contributed by atoms with Gasteiger partial charge in [-0.2, -0.15) is 4.98 Å². The molecule has 0 fully saturated rings. The number of sulfonamides is 1. The van der Waals surface area contributed by atoms with E-state index < -0.39 is 10.0 Å². The van der Waals surface area contributed by atoms with Crippen molar-refractivity contribution in [2.45, 2.75) is 19.1 Å². The number of aryl methyl sites for hydroxylation is 1. The molecule has 0 saturated carbocycles. The van der Waals surface area contributed by atoms with Gasteiger partial charge in [0, 0.05) is 6.42 Å². The molecule has 1 heterocycles. The second-order valence-corrected chi connectivity index (χ2v) is 6.51. The van der Waals surface area contributed by atoms with Crippen molar-refractivity contribution < 1.29 is 12.9 Å². The van der Waals surface area contributed by atoms with Crippen molar-refractivity contribution in [3.8, 4) is 0 Å². The molecule has 0 unspecified atom stereocenters. The highest BCUT2D eigenvalue weighted by Gasteiger charge is 2.16. The number of benzene rings is 1. The molecule has 6 nitrogen and oxygen atoms in total. The van der Waals surface area contributed by atoms with E-state index in [0.29, 0.717) is 27.9 Å². The SMILES string of the molecule is CCc1nc(NS(=O)(=O)Cc2ccc(Cl)c(Cl)c2)no1. The lowest BCUT2D eigenvalue weighted by molar-refractivity contribution is 0.383. The minimum Gasteiger partial charge on any atom is -0.337 e. The van der Waals surface area contributed by atoms with Crippen LogP contribution < -0.4 is 4.72 Å². The Morgan fingerprint density at radius 3 is 2.65 bits per heavy atom. The molecule has 1 N–H and O–H groups in total. The lowest BCUT2D eigenvalue weighted by atomic mass is 10.2. The predicted molar refractivity (Wildman–Crippen MR) is 76.4 cm³/mol. The van der Waals surface area contributed by atoms with Gasteiger partial charge in [0.25, 0.3) is 5.95 Å². The van der Waals surface area contributed by atoms with Gasteiger partial charge in [-0.3, -0.25) is 0 Å². The zero-order chi connectivity index (χ0) is 14.8. The maximum absolute atomic E-state index is 12.0. The van der Waals surface area contributed by atoms with E-state index in [2.05, 4.69) is 14.9 Å². The Bertz CT molecular complexity index is 715. The molecule has 108 valence electrons. The highest BCUT2D eigenvalue weighted by Crippen LogP contribution is 2.23. The van der Waals surface area contributed by atoms with Crippen molar-refractivity contribution in [1.29, 1.82) is 0 Å². The normalized spacial score (nSPS) is 11.6. The molecule has 20 heavy (non-hydrogen) atoms. The fraction of sp³-hybridized carbons (Fsp3) is 0.273. The average Bonchev–Trinajstić information content (AvgIpc) is 2.80. The van der Waals surface area contributed by atoms with Gasteiger partial charge >= 0.3 is 0 Å². The van der Waals surface area contributed by atoms with Gasteiger partial charge in [-0.25, -0.2) is 13.1 Å². The quantitative estimate of drug-likeness (QED) is 0.907. The predicted octanol–water partition coefficient (Wildman–Crippen LogP) is 2.88. The summed E-state index contributed by atoms with van der Waals surface area (Å²) in [5.41, 5.74) is 0.506. The van der Waals surface area contributed by atoms with E-state index >= 15 is 0 Å². The number of nitrogens with zero attached hydrogens (tertiary/aromatic N) is 2. The largest absolute Gasteiger partial charge is 0.337 e. The van der Waals surface area contributed by atoms with E-state index in [1.807, 2.05) is 6.92 Å². The molecule has 1 aromatic heterocycles. The summed E-state index contributed by atoms with van der Waals surface area (Å²) in [7, 11) is -3.65. The molecule has 0 saturated heterocycles. The molecule has 9 heteroatoms. The van der Waals surface area contributed by atoms with E-state index in [4.69, 9.17) is 27.7 Å². The molecule has 0 bridgehead atoms. The van der Waals surface area contributed by atoms with Crippen LogP contribution in [0.4, 0.5) is 5.95 Å². The summed E-state index contributed by atoms with van der Waals surface area (Å²) in [6.45, 7) is 1.82. The summed E-state index contributed by atoms with van der Waals surface area (Å²) >= 11 is 11.6. The van der Waals surface area contributed by atoms with Crippen molar-refractivity contribution in [1.82, 2.24) is 10.1 Å². The Morgan fingerprint density at radius 1 is 1.30 bits per heavy atom. The van der Waals surface area contributed by atoms with Gasteiger partial charge in [0.2, 0.25) is 15.9 Å². The Balaban J connectivity index is 2.12. The van der Waals surface area contributed by atoms with Crippen molar-refractivity contribution in [3.05, 3.63) is 39.7 Å². The standard InChI is InChI=1S/C11H11Cl2N3O3S/c1-2-10-14-11(15-19-10)16-20(17,18)6-7-3-4-8(12)9(13)5-7/h3-5H,2,6H2,1H3,(H,15,16). The Labute approximate surface area is 126 Å². The fourth-order valence-electron chi connectivity index (χ4n) is 1.46. The lowest BCUT2D eigenvalue weighted by Crippen LogP contribution is -2.16. The summed E-state index contributed by atoms with van der Waals surface area (Å²) in [6.07, 6.45) is 0.529. The molecular weight excluding hydrogens is 325 g/mol. The zero-order valence-corrected chi connectivity index (χ0v) is 12.8. The van der Waals surface area contributed by atoms with E-state index in [-0.39, 0.29) is 11.7 Å². The van der Waals surface area contributed by atoms with Crippen molar-refractivity contribution in [3.63, 3.8) is 0 Å². The lowest BCUT2D eigenvalue weighted by Gasteiger charge is -2.05. The van der Waals surface area contributed by atoms with E-state index in [0.717, 1.165) is 0 Å². The van der Waals surface area contributed by atoms with Crippen LogP contribution in [0.5, 0.6) is 0 Å². The van der Waals surface area contributed by atoms with Crippen LogP contribution >= 0.6 is 23.2 Å². The van der Waals surface area contributed by atoms with Crippen LogP contribution in [-0.2, 0) is 22.2 Å². The molecule has 0 amide bonds. The zero-order valence-electron chi connectivity index (χ0n) is 10.4. The Kier molecular flexibility index (Phi) is 4.52. The maximum atomic E-state index is 12.0. The third-order valence-corrected chi connectivity index (χ3v) is 4.30. The third-order valence-electron chi connectivity index (χ3n) is 2.36. The van der Waals surface area contributed by atoms with Gasteiger partial charge in [-0.1, -0.05) is 36.2 Å². The highest BCUT2D eigenvalue weighted by atomic mass is 35.5. The summed E-state index contributed by atoms with van der Waals surface area (Å²) < 4.78 is 31.0. The van der Waals surface area contributed by atoms with E-state index in [1.165, 1.54) is 12.1 Å². The van der Waals surface area contributed by atoms with Crippen LogP contribution in [0, 0.1) is 0 Å². The number of rotatable bonds is 5. The molecule has 0 aliphatic carbocycles. The third kappa shape index (κ3) is 3.84. The second-order valence-electron chi connectivity index (χ2n) is 3.97. The highest BCUT2D eigenvalue weighted by molar-refractivity contribution is 7.91. The monoisotopic (exact) mass is 335 g/mol. The van der Waals surface area contributed by atoms with Crippen LogP contribution in [0.25, 0.3) is 0 Å². The molecule has 0 atom stereocenters. The summed E-state index contributed by atoms with van der Waals surface area (Å²) in [5, 5.41) is 4.19. The van der Waals surface area contributed by atoms with Crippen molar-refractivity contribution in [2.24, 2.45) is 0 Å². The first-order chi connectivity index (χ1) is 9.39. The molecule has 1 aromatic carbocycles. The van der Waals surface area contributed by atoms with Crippen LogP contribution in [-0.4, -0.2) is 18.6 Å². The molecular formula is C11H11Cl2N3O3S. The fourth-order valence-corrected chi connectivity index (χ4v) is 2.84. The van der Waals surface area contributed by atoms with Gasteiger partial charge < -0.3 is 4.52 Å². The van der Waals surface area contributed by atoms with Crippen LogP contribution in [0.1, 0.15) is 18.4 Å². The number of hydrogen-bond donors (Lipinski definition) is 1. The summed E-state index contributed by atoms with van der Waals surface area (Å²) in [4.78, 5) is 3.87. The van der Waals surface area contributed by atoms with Crippen molar-refractivity contribution >= 4 is 39.2 Å². The first-order valence-corrected chi connectivity index (χ1v) is 8.07. The summed E-state index contributed by atoms with van der Waals surface area (Å²) in [6, 6.07) is 4.62. The van der Waals surface area contributed by atoms with Gasteiger partial charge in [-0.05, 0) is 22.9 Å². The smallest absolute Gasteiger partial charge is 0.277 e. The Hall–Kier alpha value is -1.31. The van der Waals surface area contributed by atoms with E-state index in [9.17, 15) is 8.42 Å². The number of hydrogen-bond acceptors (Lipinski definition) is 5. The number of anilines is 1. The first kappa shape index (κ1) is 15.1. The van der Waals surface area contributed by atoms with Crippen LogP contribution in [0.3, 0.4) is 0 Å². The number of halogens is 2. The maximum Gasteiger partial charge on any atom is 0.277 e. The van der Waals surface area contributed by atoms with Gasteiger partial charge in [-0.15, -0.1) is 0 Å². The first-order valence-electron chi connectivity index (χ1n) is 5.66. The second kappa shape index (κ2) is 5.99. The molecule has 0 spiro atoms. The van der Waals surface area contributed by atoms with Gasteiger partial charge in [0.05, 0.1) is 15.8 Å². The average molecular weight is 336 g/mol. The molecule has 0 radical (unpaired) electrons. The number of nitrogens with one attached hydrogen (secondary N) is 1. The van der Waals surface area contributed by atoms with Gasteiger partial charge in [0.1, 0.15) is 0 Å². The van der Waals surface area contributed by atoms with E-state index in [1.54, 1.807) is 6.07 Å². The Morgan fingerprint density at radius 2 is 2.05 bits per heavy atom. The molecule has 2 rings (SSSR count). The van der Waals surface area contributed by atoms with Crippen LogP contribution in [0.15, 0.2) is 22.7 Å². The molecule has 2 aromatic rings. The minimum absolute atomic E-state index is 0.0816. The minimum atomic E-state index is -3.65. The topological polar surface area (TPSA) is 85.1 Å². The molecule has 0 aliphatic rings.